The summed E-state index contributed by atoms with van der Waals surface area (Å²) < 4.78 is 0. The van der Waals surface area contributed by atoms with Gasteiger partial charge in [0.15, 0.2) is 0 Å². The predicted octanol–water partition coefficient (Wildman–Crippen LogP) is 2.89. The molecular formula is C15H21N5. The lowest BCUT2D eigenvalue weighted by atomic mass is 10.0. The third-order valence-electron chi connectivity index (χ3n) is 3.27. The molecular weight excluding hydrogens is 250 g/mol. The largest absolute Gasteiger partial charge is 0.368 e. The van der Waals surface area contributed by atoms with Gasteiger partial charge >= 0.3 is 0 Å². The molecule has 2 aromatic rings. The number of anilines is 2. The molecule has 1 atom stereocenters. The van der Waals surface area contributed by atoms with Crippen LogP contribution in [0.3, 0.4) is 0 Å². The lowest BCUT2D eigenvalue weighted by Crippen LogP contribution is -2.14. The summed E-state index contributed by atoms with van der Waals surface area (Å²) in [6.45, 7) is 6.09. The van der Waals surface area contributed by atoms with E-state index < -0.39 is 0 Å². The summed E-state index contributed by atoms with van der Waals surface area (Å²) in [6, 6.07) is 8.79. The lowest BCUT2D eigenvalue weighted by molar-refractivity contribution is 0.734. The second kappa shape index (κ2) is 6.32. The van der Waals surface area contributed by atoms with Gasteiger partial charge in [-0.05, 0) is 30.9 Å². The van der Waals surface area contributed by atoms with Gasteiger partial charge in [0, 0.05) is 0 Å². The number of nitrogens with one attached hydrogen (secondary N) is 1. The maximum Gasteiger partial charge on any atom is 0.228 e. The molecule has 106 valence electrons. The summed E-state index contributed by atoms with van der Waals surface area (Å²) >= 11 is 0. The summed E-state index contributed by atoms with van der Waals surface area (Å²) in [6.07, 6.45) is 1.99. The Balaban J connectivity index is 2.19. The number of rotatable bonds is 5. The highest BCUT2D eigenvalue weighted by molar-refractivity contribution is 5.36. The SMILES string of the molecule is CCc1ccc(C(CC)Nc2nc(C)nc(N)n2)cc1. The average Bonchev–Trinajstić information content (AvgIpc) is 2.44. The Morgan fingerprint density at radius 3 is 2.35 bits per heavy atom. The Labute approximate surface area is 119 Å². The van der Waals surface area contributed by atoms with Gasteiger partial charge in [-0.15, -0.1) is 0 Å². The van der Waals surface area contributed by atoms with Crippen molar-refractivity contribution in [1.29, 1.82) is 0 Å². The maximum atomic E-state index is 5.65. The van der Waals surface area contributed by atoms with Crippen LogP contribution in [0.25, 0.3) is 0 Å². The highest BCUT2D eigenvalue weighted by Crippen LogP contribution is 2.21. The molecule has 0 aliphatic heterocycles. The minimum absolute atomic E-state index is 0.169. The van der Waals surface area contributed by atoms with Crippen LogP contribution in [-0.2, 0) is 6.42 Å². The van der Waals surface area contributed by atoms with Crippen LogP contribution in [0.15, 0.2) is 24.3 Å². The van der Waals surface area contributed by atoms with E-state index in [9.17, 15) is 0 Å². The highest BCUT2D eigenvalue weighted by atomic mass is 15.2. The third kappa shape index (κ3) is 3.44. The van der Waals surface area contributed by atoms with Crippen molar-refractivity contribution in [3.05, 3.63) is 41.2 Å². The molecule has 0 fully saturated rings. The predicted molar refractivity (Wildman–Crippen MR) is 81.5 cm³/mol. The number of aryl methyl sites for hydroxylation is 2. The summed E-state index contributed by atoms with van der Waals surface area (Å²) in [5, 5.41) is 3.32. The molecule has 5 nitrogen and oxygen atoms in total. The Morgan fingerprint density at radius 1 is 1.10 bits per heavy atom. The molecule has 1 heterocycles. The number of aromatic nitrogens is 3. The van der Waals surface area contributed by atoms with Crippen LogP contribution < -0.4 is 11.1 Å². The second-order valence-corrected chi connectivity index (χ2v) is 4.76. The minimum Gasteiger partial charge on any atom is -0.368 e. The highest BCUT2D eigenvalue weighted by Gasteiger charge is 2.11. The Bertz CT molecular complexity index is 545. The molecule has 1 aromatic heterocycles. The summed E-state index contributed by atoms with van der Waals surface area (Å²) in [5.74, 6) is 1.40. The summed E-state index contributed by atoms with van der Waals surface area (Å²) in [4.78, 5) is 12.4. The molecule has 1 unspecified atom stereocenters. The summed E-state index contributed by atoms with van der Waals surface area (Å²) in [5.41, 5.74) is 8.21. The maximum absolute atomic E-state index is 5.65. The van der Waals surface area contributed by atoms with Crippen LogP contribution in [0.4, 0.5) is 11.9 Å². The number of hydrogen-bond donors (Lipinski definition) is 2. The van der Waals surface area contributed by atoms with Gasteiger partial charge in [-0.3, -0.25) is 0 Å². The molecule has 0 amide bonds. The summed E-state index contributed by atoms with van der Waals surface area (Å²) in [7, 11) is 0. The molecule has 0 bridgehead atoms. The van der Waals surface area contributed by atoms with Gasteiger partial charge in [-0.1, -0.05) is 38.1 Å². The van der Waals surface area contributed by atoms with Crippen molar-refractivity contribution in [2.45, 2.75) is 39.7 Å². The fraction of sp³-hybridized carbons (Fsp3) is 0.400. The molecule has 3 N–H and O–H groups in total. The molecule has 0 aliphatic carbocycles. The van der Waals surface area contributed by atoms with Gasteiger partial charge in [-0.25, -0.2) is 0 Å². The van der Waals surface area contributed by atoms with Gasteiger partial charge in [0.2, 0.25) is 11.9 Å². The standard InChI is InChI=1S/C15H21N5/c1-4-11-6-8-12(9-7-11)13(5-2)19-15-18-10(3)17-14(16)20-15/h6-9,13H,4-5H2,1-3H3,(H3,16,17,18,19,20). The quantitative estimate of drug-likeness (QED) is 0.874. The van der Waals surface area contributed by atoms with Crippen LogP contribution in [0.1, 0.15) is 43.3 Å². The zero-order valence-corrected chi connectivity index (χ0v) is 12.2. The fourth-order valence-electron chi connectivity index (χ4n) is 2.13. The van der Waals surface area contributed by atoms with Crippen molar-refractivity contribution in [1.82, 2.24) is 15.0 Å². The zero-order chi connectivity index (χ0) is 14.5. The number of benzene rings is 1. The molecule has 20 heavy (non-hydrogen) atoms. The first-order valence-electron chi connectivity index (χ1n) is 6.96. The second-order valence-electron chi connectivity index (χ2n) is 4.76. The van der Waals surface area contributed by atoms with Crippen molar-refractivity contribution in [3.8, 4) is 0 Å². The lowest BCUT2D eigenvalue weighted by Gasteiger charge is -2.18. The monoisotopic (exact) mass is 271 g/mol. The Hall–Kier alpha value is -2.17. The van der Waals surface area contributed by atoms with Gasteiger partial charge in [0.05, 0.1) is 6.04 Å². The van der Waals surface area contributed by atoms with Crippen molar-refractivity contribution in [3.63, 3.8) is 0 Å². The fourth-order valence-corrected chi connectivity index (χ4v) is 2.13. The Kier molecular flexibility index (Phi) is 4.50. The van der Waals surface area contributed by atoms with E-state index >= 15 is 0 Å². The number of hydrogen-bond acceptors (Lipinski definition) is 5. The third-order valence-corrected chi connectivity index (χ3v) is 3.27. The van der Waals surface area contributed by atoms with Gasteiger partial charge < -0.3 is 11.1 Å². The van der Waals surface area contributed by atoms with Crippen LogP contribution in [0, 0.1) is 6.92 Å². The molecule has 0 aliphatic rings. The number of nitrogens with zero attached hydrogens (tertiary/aromatic N) is 3. The van der Waals surface area contributed by atoms with Crippen LogP contribution in [-0.4, -0.2) is 15.0 Å². The van der Waals surface area contributed by atoms with E-state index in [1.165, 1.54) is 11.1 Å². The topological polar surface area (TPSA) is 76.7 Å². The minimum atomic E-state index is 0.169. The van der Waals surface area contributed by atoms with E-state index in [2.05, 4.69) is 58.4 Å². The first-order chi connectivity index (χ1) is 9.62. The van der Waals surface area contributed by atoms with E-state index in [1.54, 1.807) is 6.92 Å². The number of nitrogen functional groups attached to an aromatic ring is 1. The van der Waals surface area contributed by atoms with Crippen molar-refractivity contribution < 1.29 is 0 Å². The smallest absolute Gasteiger partial charge is 0.228 e. The molecule has 5 heteroatoms. The van der Waals surface area contributed by atoms with E-state index in [-0.39, 0.29) is 12.0 Å². The van der Waals surface area contributed by atoms with E-state index in [0.29, 0.717) is 11.8 Å². The first kappa shape index (κ1) is 14.2. The zero-order valence-electron chi connectivity index (χ0n) is 12.2. The normalized spacial score (nSPS) is 12.2. The van der Waals surface area contributed by atoms with E-state index in [4.69, 9.17) is 5.73 Å². The van der Waals surface area contributed by atoms with E-state index in [1.807, 2.05) is 0 Å². The molecule has 1 aromatic carbocycles. The van der Waals surface area contributed by atoms with Crippen molar-refractivity contribution in [2.75, 3.05) is 11.1 Å². The average molecular weight is 271 g/mol. The van der Waals surface area contributed by atoms with Gasteiger partial charge in [-0.2, -0.15) is 15.0 Å². The van der Waals surface area contributed by atoms with Crippen LogP contribution >= 0.6 is 0 Å². The van der Waals surface area contributed by atoms with Crippen LogP contribution in [0.5, 0.6) is 0 Å². The molecule has 0 saturated carbocycles. The Morgan fingerprint density at radius 2 is 1.80 bits per heavy atom. The number of nitrogens with two attached hydrogens (primary N) is 1. The van der Waals surface area contributed by atoms with Crippen LogP contribution in [0.2, 0.25) is 0 Å². The van der Waals surface area contributed by atoms with Crippen molar-refractivity contribution in [2.24, 2.45) is 0 Å². The van der Waals surface area contributed by atoms with Gasteiger partial charge in [0.1, 0.15) is 5.82 Å². The molecule has 0 saturated heterocycles. The molecule has 0 spiro atoms. The van der Waals surface area contributed by atoms with Gasteiger partial charge in [0.25, 0.3) is 0 Å². The molecule has 0 radical (unpaired) electrons. The first-order valence-corrected chi connectivity index (χ1v) is 6.96. The van der Waals surface area contributed by atoms with E-state index in [0.717, 1.165) is 12.8 Å². The molecule has 2 rings (SSSR count). The van der Waals surface area contributed by atoms with Crippen molar-refractivity contribution >= 4 is 11.9 Å².